The normalized spacial score (nSPS) is 11.4. The third-order valence-corrected chi connectivity index (χ3v) is 3.71. The fraction of sp³-hybridized carbons (Fsp3) is 0.333. The second-order valence-electron chi connectivity index (χ2n) is 5.22. The van der Waals surface area contributed by atoms with E-state index in [1.165, 1.54) is 0 Å². The number of amides is 1. The van der Waals surface area contributed by atoms with Gasteiger partial charge in [0.2, 0.25) is 5.91 Å². The lowest BCUT2D eigenvalue weighted by Gasteiger charge is -2.23. The minimum atomic E-state index is -0.751. The van der Waals surface area contributed by atoms with Crippen LogP contribution in [0.4, 0.5) is 0 Å². The highest BCUT2D eigenvalue weighted by Crippen LogP contribution is 2.30. The molecular weight excluding hydrogens is 274 g/mol. The smallest absolute Gasteiger partial charge is 0.247 e. The first kappa shape index (κ1) is 14.6. The summed E-state index contributed by atoms with van der Waals surface area (Å²) in [6.07, 6.45) is 1.87. The highest BCUT2D eigenvalue weighted by atomic mass is 35.5. The van der Waals surface area contributed by atoms with Gasteiger partial charge in [-0.15, -0.1) is 0 Å². The van der Waals surface area contributed by atoms with Crippen molar-refractivity contribution < 1.29 is 4.79 Å². The second kappa shape index (κ2) is 5.29. The van der Waals surface area contributed by atoms with E-state index in [0.717, 1.165) is 16.8 Å². The van der Waals surface area contributed by atoms with Crippen LogP contribution in [0.5, 0.6) is 0 Å². The Bertz CT molecular complexity index is 646. The fourth-order valence-corrected chi connectivity index (χ4v) is 2.30. The molecule has 2 aromatic rings. The Labute approximate surface area is 123 Å². The summed E-state index contributed by atoms with van der Waals surface area (Å²) in [4.78, 5) is 12.0. The number of nitrogens with one attached hydrogen (secondary N) is 1. The number of aryl methyl sites for hydroxylation is 1. The molecule has 0 spiro atoms. The molecular formula is C15H18ClN3O. The van der Waals surface area contributed by atoms with Crippen molar-refractivity contribution >= 4 is 17.5 Å². The van der Waals surface area contributed by atoms with Gasteiger partial charge in [-0.1, -0.05) is 29.8 Å². The molecule has 0 unspecified atom stereocenters. The van der Waals surface area contributed by atoms with Gasteiger partial charge in [0, 0.05) is 18.8 Å². The number of rotatable bonds is 3. The number of aromatic nitrogens is 2. The third-order valence-electron chi connectivity index (χ3n) is 3.38. The largest absolute Gasteiger partial charge is 0.357 e. The quantitative estimate of drug-likeness (QED) is 0.945. The molecule has 0 bridgehead atoms. The SMILES string of the molecule is CNC(=O)C(C)(C)n1cc(C)c(-c2ccccc2Cl)n1. The van der Waals surface area contributed by atoms with Crippen LogP contribution in [0.1, 0.15) is 19.4 Å². The van der Waals surface area contributed by atoms with Crippen LogP contribution in [0.2, 0.25) is 5.02 Å². The predicted octanol–water partition coefficient (Wildman–Crippen LogP) is 2.99. The molecule has 1 N–H and O–H groups in total. The van der Waals surface area contributed by atoms with Crippen LogP contribution in [-0.4, -0.2) is 22.7 Å². The van der Waals surface area contributed by atoms with E-state index in [4.69, 9.17) is 11.6 Å². The summed E-state index contributed by atoms with van der Waals surface area (Å²) in [5.41, 5.74) is 1.90. The zero-order valence-electron chi connectivity index (χ0n) is 12.1. The first-order valence-corrected chi connectivity index (χ1v) is 6.79. The first-order valence-electron chi connectivity index (χ1n) is 6.41. The molecule has 0 aliphatic heterocycles. The maximum atomic E-state index is 12.0. The molecule has 1 aromatic heterocycles. The molecule has 20 heavy (non-hydrogen) atoms. The van der Waals surface area contributed by atoms with Crippen molar-refractivity contribution in [2.45, 2.75) is 26.3 Å². The number of nitrogens with zero attached hydrogens (tertiary/aromatic N) is 2. The Kier molecular flexibility index (Phi) is 3.86. The Balaban J connectivity index is 2.51. The average Bonchev–Trinajstić information content (AvgIpc) is 2.81. The van der Waals surface area contributed by atoms with Crippen LogP contribution in [0.15, 0.2) is 30.5 Å². The van der Waals surface area contributed by atoms with E-state index in [1.807, 2.05) is 51.2 Å². The van der Waals surface area contributed by atoms with Crippen molar-refractivity contribution in [1.82, 2.24) is 15.1 Å². The Hall–Kier alpha value is -1.81. The van der Waals surface area contributed by atoms with Crippen molar-refractivity contribution in [3.05, 3.63) is 41.0 Å². The average molecular weight is 292 g/mol. The molecule has 106 valence electrons. The molecule has 0 aliphatic rings. The summed E-state index contributed by atoms with van der Waals surface area (Å²) in [5, 5.41) is 7.86. The van der Waals surface area contributed by atoms with Crippen LogP contribution < -0.4 is 5.32 Å². The summed E-state index contributed by atoms with van der Waals surface area (Å²) < 4.78 is 1.68. The van der Waals surface area contributed by atoms with E-state index < -0.39 is 5.54 Å². The summed E-state index contributed by atoms with van der Waals surface area (Å²) in [7, 11) is 1.62. The highest BCUT2D eigenvalue weighted by molar-refractivity contribution is 6.33. The zero-order chi connectivity index (χ0) is 14.9. The number of hydrogen-bond donors (Lipinski definition) is 1. The molecule has 0 fully saturated rings. The minimum absolute atomic E-state index is 0.0919. The number of carbonyl (C=O) groups is 1. The van der Waals surface area contributed by atoms with Gasteiger partial charge in [0.1, 0.15) is 5.54 Å². The fourth-order valence-electron chi connectivity index (χ4n) is 2.08. The van der Waals surface area contributed by atoms with Crippen molar-refractivity contribution in [1.29, 1.82) is 0 Å². The standard InChI is InChI=1S/C15H18ClN3O/c1-10-9-19(15(2,3)14(20)17-4)18-13(10)11-7-5-6-8-12(11)16/h5-9H,1-4H3,(H,17,20). The Morgan fingerprint density at radius 2 is 2.00 bits per heavy atom. The van der Waals surface area contributed by atoms with Gasteiger partial charge in [-0.2, -0.15) is 5.10 Å². The zero-order valence-corrected chi connectivity index (χ0v) is 12.8. The van der Waals surface area contributed by atoms with Crippen LogP contribution in [0.3, 0.4) is 0 Å². The number of hydrogen-bond acceptors (Lipinski definition) is 2. The van der Waals surface area contributed by atoms with Crippen molar-refractivity contribution in [3.63, 3.8) is 0 Å². The van der Waals surface area contributed by atoms with E-state index in [0.29, 0.717) is 5.02 Å². The Morgan fingerprint density at radius 1 is 1.35 bits per heavy atom. The number of carbonyl (C=O) groups excluding carboxylic acids is 1. The number of benzene rings is 1. The van der Waals surface area contributed by atoms with E-state index >= 15 is 0 Å². The minimum Gasteiger partial charge on any atom is -0.357 e. The van der Waals surface area contributed by atoms with E-state index in [2.05, 4.69) is 10.4 Å². The first-order chi connectivity index (χ1) is 9.37. The van der Waals surface area contributed by atoms with Gasteiger partial charge in [-0.05, 0) is 32.4 Å². The van der Waals surface area contributed by atoms with Crippen molar-refractivity contribution in [2.24, 2.45) is 0 Å². The molecule has 0 atom stereocenters. The maximum Gasteiger partial charge on any atom is 0.247 e. The van der Waals surface area contributed by atoms with Crippen LogP contribution >= 0.6 is 11.6 Å². The van der Waals surface area contributed by atoms with Crippen LogP contribution in [0.25, 0.3) is 11.3 Å². The molecule has 0 radical (unpaired) electrons. The molecule has 2 rings (SSSR count). The van der Waals surface area contributed by atoms with Gasteiger partial charge in [0.25, 0.3) is 0 Å². The third kappa shape index (κ3) is 2.43. The maximum absolute atomic E-state index is 12.0. The lowest BCUT2D eigenvalue weighted by Crippen LogP contribution is -2.43. The van der Waals surface area contributed by atoms with E-state index in [-0.39, 0.29) is 5.91 Å². The molecule has 0 aliphatic carbocycles. The van der Waals surface area contributed by atoms with Gasteiger partial charge in [0.15, 0.2) is 0 Å². The lowest BCUT2D eigenvalue weighted by atomic mass is 10.1. The second-order valence-corrected chi connectivity index (χ2v) is 5.63. The van der Waals surface area contributed by atoms with Crippen LogP contribution in [0, 0.1) is 6.92 Å². The van der Waals surface area contributed by atoms with Crippen molar-refractivity contribution in [2.75, 3.05) is 7.05 Å². The molecule has 1 heterocycles. The number of likely N-dealkylation sites (N-methyl/N-ethyl adjacent to an activating group) is 1. The van der Waals surface area contributed by atoms with Gasteiger partial charge in [-0.25, -0.2) is 0 Å². The summed E-state index contributed by atoms with van der Waals surface area (Å²) in [6, 6.07) is 7.56. The molecule has 0 saturated heterocycles. The van der Waals surface area contributed by atoms with E-state index in [9.17, 15) is 4.79 Å². The van der Waals surface area contributed by atoms with Crippen molar-refractivity contribution in [3.8, 4) is 11.3 Å². The summed E-state index contributed by atoms with van der Waals surface area (Å²) in [5.74, 6) is -0.0919. The van der Waals surface area contributed by atoms with Gasteiger partial charge < -0.3 is 5.32 Å². The predicted molar refractivity (Wildman–Crippen MR) is 80.8 cm³/mol. The van der Waals surface area contributed by atoms with Gasteiger partial charge in [-0.3, -0.25) is 9.48 Å². The topological polar surface area (TPSA) is 46.9 Å². The molecule has 0 saturated carbocycles. The lowest BCUT2D eigenvalue weighted by molar-refractivity contribution is -0.128. The molecule has 4 nitrogen and oxygen atoms in total. The monoisotopic (exact) mass is 291 g/mol. The molecule has 5 heteroatoms. The summed E-state index contributed by atoms with van der Waals surface area (Å²) >= 11 is 6.22. The highest BCUT2D eigenvalue weighted by Gasteiger charge is 2.30. The summed E-state index contributed by atoms with van der Waals surface area (Å²) in [6.45, 7) is 5.62. The molecule has 1 aromatic carbocycles. The van der Waals surface area contributed by atoms with E-state index in [1.54, 1.807) is 11.7 Å². The Morgan fingerprint density at radius 3 is 2.60 bits per heavy atom. The van der Waals surface area contributed by atoms with Gasteiger partial charge in [0.05, 0.1) is 10.7 Å². The van der Waals surface area contributed by atoms with Gasteiger partial charge >= 0.3 is 0 Å². The molecule has 1 amide bonds. The van der Waals surface area contributed by atoms with Crippen LogP contribution in [-0.2, 0) is 10.3 Å². The number of halogens is 1.